The Balaban J connectivity index is 1.26. The molecule has 2 aromatic carbocycles. The molecule has 4 aromatic rings. The maximum Gasteiger partial charge on any atom is 0.417 e. The summed E-state index contributed by atoms with van der Waals surface area (Å²) in [6.45, 7) is 6.26. The first kappa shape index (κ1) is 30.2. The van der Waals surface area contributed by atoms with Gasteiger partial charge in [-0.15, -0.1) is 0 Å². The van der Waals surface area contributed by atoms with Crippen LogP contribution in [-0.2, 0) is 10.9 Å². The molecule has 1 aliphatic heterocycles. The van der Waals surface area contributed by atoms with Crippen LogP contribution in [0.4, 0.5) is 41.2 Å². The summed E-state index contributed by atoms with van der Waals surface area (Å²) < 4.78 is 45.1. The minimum absolute atomic E-state index is 0.177. The van der Waals surface area contributed by atoms with Crippen LogP contribution in [0, 0.1) is 13.8 Å². The highest BCUT2D eigenvalue weighted by molar-refractivity contribution is 7.17. The number of benzene rings is 2. The lowest BCUT2D eigenvalue weighted by Gasteiger charge is -2.28. The van der Waals surface area contributed by atoms with E-state index in [-0.39, 0.29) is 16.3 Å². The number of hydrogen-bond donors (Lipinski definition) is 3. The monoisotopic (exact) mass is 631 g/mol. The molecule has 43 heavy (non-hydrogen) atoms. The lowest BCUT2D eigenvalue weighted by molar-refractivity contribution is -0.137. The van der Waals surface area contributed by atoms with Gasteiger partial charge in [0.25, 0.3) is 11.8 Å². The highest BCUT2D eigenvalue weighted by Crippen LogP contribution is 2.35. The second-order valence-corrected chi connectivity index (χ2v) is 11.0. The minimum atomic E-state index is -4.71. The van der Waals surface area contributed by atoms with E-state index in [2.05, 4.69) is 35.8 Å². The number of alkyl halides is 3. The van der Waals surface area contributed by atoms with Crippen molar-refractivity contribution in [2.24, 2.45) is 0 Å². The number of amides is 2. The molecule has 1 saturated heterocycles. The quantitative estimate of drug-likeness (QED) is 0.217. The van der Waals surface area contributed by atoms with Crippen molar-refractivity contribution in [1.82, 2.24) is 15.0 Å². The molecule has 10 nitrogen and oxygen atoms in total. The lowest BCUT2D eigenvalue weighted by Crippen LogP contribution is -2.36. The molecule has 2 amide bonds. The summed E-state index contributed by atoms with van der Waals surface area (Å²) in [5, 5.41) is 8.77. The van der Waals surface area contributed by atoms with Gasteiger partial charge in [0.05, 0.1) is 30.0 Å². The third kappa shape index (κ3) is 7.39. The Morgan fingerprint density at radius 1 is 1.00 bits per heavy atom. The average Bonchev–Trinajstić information content (AvgIpc) is 3.43. The largest absolute Gasteiger partial charge is 0.417 e. The zero-order valence-electron chi connectivity index (χ0n) is 22.9. The summed E-state index contributed by atoms with van der Waals surface area (Å²) in [6, 6.07) is 9.48. The molecule has 0 bridgehead atoms. The highest BCUT2D eigenvalue weighted by atomic mass is 35.5. The van der Waals surface area contributed by atoms with Crippen molar-refractivity contribution < 1.29 is 27.5 Å². The number of ether oxygens (including phenoxy) is 1. The van der Waals surface area contributed by atoms with Crippen molar-refractivity contribution in [2.45, 2.75) is 20.0 Å². The zero-order valence-corrected chi connectivity index (χ0v) is 24.5. The van der Waals surface area contributed by atoms with Crippen LogP contribution in [0.1, 0.15) is 37.1 Å². The van der Waals surface area contributed by atoms with Crippen LogP contribution in [-0.4, -0.2) is 53.1 Å². The minimum Gasteiger partial charge on any atom is -0.378 e. The number of aryl methyl sites for hydroxylation is 2. The van der Waals surface area contributed by atoms with Crippen molar-refractivity contribution in [2.75, 3.05) is 47.2 Å². The molecule has 224 valence electrons. The number of halogens is 4. The summed E-state index contributed by atoms with van der Waals surface area (Å²) in [4.78, 5) is 41.0. The highest BCUT2D eigenvalue weighted by Gasteiger charge is 2.34. The maximum absolute atomic E-state index is 13.2. The Bertz CT molecular complexity index is 1680. The second-order valence-electron chi connectivity index (χ2n) is 9.54. The van der Waals surface area contributed by atoms with Crippen molar-refractivity contribution in [3.05, 3.63) is 81.2 Å². The van der Waals surface area contributed by atoms with Gasteiger partial charge in [-0.25, -0.2) is 15.0 Å². The topological polar surface area (TPSA) is 121 Å². The van der Waals surface area contributed by atoms with Crippen LogP contribution in [0.5, 0.6) is 0 Å². The van der Waals surface area contributed by atoms with Gasteiger partial charge >= 0.3 is 6.18 Å². The molecule has 2 aromatic heterocycles. The number of carbonyl (C=O) groups excluding carboxylic acids is 2. The van der Waals surface area contributed by atoms with Crippen LogP contribution < -0.4 is 20.9 Å². The van der Waals surface area contributed by atoms with Gasteiger partial charge in [0, 0.05) is 36.1 Å². The van der Waals surface area contributed by atoms with Crippen molar-refractivity contribution in [3.8, 4) is 0 Å². The van der Waals surface area contributed by atoms with E-state index in [0.717, 1.165) is 36.3 Å². The molecule has 0 unspecified atom stereocenters. The molecular formula is C28H25ClF3N7O3S. The van der Waals surface area contributed by atoms with Crippen molar-refractivity contribution in [3.63, 3.8) is 0 Å². The summed E-state index contributed by atoms with van der Waals surface area (Å²) in [5.74, 6) is 0.681. The van der Waals surface area contributed by atoms with Crippen LogP contribution in [0.2, 0.25) is 5.02 Å². The molecule has 15 heteroatoms. The Kier molecular flexibility index (Phi) is 8.80. The smallest absolute Gasteiger partial charge is 0.378 e. The lowest BCUT2D eigenvalue weighted by atomic mass is 10.1. The van der Waals surface area contributed by atoms with Gasteiger partial charge in [-0.2, -0.15) is 13.2 Å². The summed E-state index contributed by atoms with van der Waals surface area (Å²) in [6.07, 6.45) is -3.18. The Hall–Kier alpha value is -4.27. The first-order valence-corrected chi connectivity index (χ1v) is 14.2. The molecule has 0 spiro atoms. The number of anilines is 5. The molecule has 0 radical (unpaired) electrons. The summed E-state index contributed by atoms with van der Waals surface area (Å²) in [5.41, 5.74) is 0.0245. The molecule has 0 atom stereocenters. The fraction of sp³-hybridized carbons (Fsp3) is 0.250. The molecular weight excluding hydrogens is 607 g/mol. The van der Waals surface area contributed by atoms with Crippen LogP contribution in [0.3, 0.4) is 0 Å². The fourth-order valence-electron chi connectivity index (χ4n) is 4.23. The number of hydrogen-bond acceptors (Lipinski definition) is 9. The van der Waals surface area contributed by atoms with Gasteiger partial charge in [0.1, 0.15) is 22.5 Å². The summed E-state index contributed by atoms with van der Waals surface area (Å²) in [7, 11) is 0. The molecule has 3 N–H and O–H groups in total. The summed E-state index contributed by atoms with van der Waals surface area (Å²) >= 11 is 6.78. The van der Waals surface area contributed by atoms with Crippen molar-refractivity contribution in [1.29, 1.82) is 0 Å². The van der Waals surface area contributed by atoms with E-state index < -0.39 is 28.6 Å². The van der Waals surface area contributed by atoms with E-state index in [1.807, 2.05) is 6.07 Å². The molecule has 0 aliphatic carbocycles. The second kappa shape index (κ2) is 12.5. The van der Waals surface area contributed by atoms with Crippen molar-refractivity contribution >= 4 is 62.8 Å². The SMILES string of the molecule is Cc1nc(Nc2cnc(C(=O)Nc3cc(NC(=O)c4ccc(Cl)c(C(F)(F)F)c4)ccc3C)s2)cc(N2CCOCC2)n1. The number of carbonyl (C=O) groups is 2. The molecule has 3 heterocycles. The first-order chi connectivity index (χ1) is 20.5. The van der Waals surface area contributed by atoms with Gasteiger partial charge < -0.3 is 25.6 Å². The molecule has 5 rings (SSSR count). The number of nitrogens with one attached hydrogen (secondary N) is 3. The number of aromatic nitrogens is 3. The predicted octanol–water partition coefficient (Wildman–Crippen LogP) is 6.31. The Morgan fingerprint density at radius 2 is 1.77 bits per heavy atom. The van der Waals surface area contributed by atoms with E-state index in [1.165, 1.54) is 18.3 Å². The third-order valence-corrected chi connectivity index (χ3v) is 7.63. The molecule has 1 aliphatic rings. The van der Waals surface area contributed by atoms with Crippen LogP contribution >= 0.6 is 22.9 Å². The van der Waals surface area contributed by atoms with E-state index in [1.54, 1.807) is 26.0 Å². The fourth-order valence-corrected chi connectivity index (χ4v) is 5.17. The van der Waals surface area contributed by atoms with E-state index >= 15 is 0 Å². The predicted molar refractivity (Wildman–Crippen MR) is 159 cm³/mol. The third-order valence-electron chi connectivity index (χ3n) is 6.39. The van der Waals surface area contributed by atoms with E-state index in [9.17, 15) is 22.8 Å². The van der Waals surface area contributed by atoms with Gasteiger partial charge in [-0.1, -0.05) is 29.0 Å². The van der Waals surface area contributed by atoms with E-state index in [4.69, 9.17) is 16.3 Å². The number of nitrogens with zero attached hydrogens (tertiary/aromatic N) is 4. The van der Waals surface area contributed by atoms with Gasteiger partial charge in [0.2, 0.25) is 0 Å². The normalized spacial score (nSPS) is 13.5. The average molecular weight is 632 g/mol. The molecule has 1 fully saturated rings. The van der Waals surface area contributed by atoms with Gasteiger partial charge in [0.15, 0.2) is 5.01 Å². The standard InChI is InChI=1S/C28H25ClF3N7O3S/c1-15-3-5-18(36-25(40)17-4-6-20(29)19(11-17)28(30,31)32)12-21(15)37-26(41)27-33-14-24(43-27)38-22-13-23(35-16(2)34-22)39-7-9-42-10-8-39/h3-6,11-14H,7-10H2,1-2H3,(H,36,40)(H,37,41)(H,34,35,38). The van der Waals surface area contributed by atoms with E-state index in [0.29, 0.717) is 47.2 Å². The number of rotatable bonds is 7. The number of thiazole rings is 1. The Morgan fingerprint density at radius 3 is 2.51 bits per heavy atom. The number of morpholine rings is 1. The maximum atomic E-state index is 13.2. The Labute approximate surface area is 253 Å². The van der Waals surface area contributed by atoms with Crippen LogP contribution in [0.15, 0.2) is 48.7 Å². The van der Waals surface area contributed by atoms with Gasteiger partial charge in [-0.05, 0) is 49.7 Å². The molecule has 0 saturated carbocycles. The zero-order chi connectivity index (χ0) is 30.7. The van der Waals surface area contributed by atoms with Gasteiger partial charge in [-0.3, -0.25) is 9.59 Å². The van der Waals surface area contributed by atoms with Crippen LogP contribution in [0.25, 0.3) is 0 Å². The first-order valence-electron chi connectivity index (χ1n) is 13.0.